The monoisotopic (exact) mass is 321 g/mol. The number of aliphatic hydroxyl groups is 1. The molecule has 122 valence electrons. The van der Waals surface area contributed by atoms with E-state index in [4.69, 9.17) is 5.41 Å². The van der Waals surface area contributed by atoms with Crippen molar-refractivity contribution in [3.8, 4) is 0 Å². The van der Waals surface area contributed by atoms with Crippen LogP contribution in [0, 0.1) is 25.2 Å². The van der Waals surface area contributed by atoms with Crippen molar-refractivity contribution in [1.29, 1.82) is 5.41 Å². The lowest BCUT2D eigenvalue weighted by Gasteiger charge is -2.26. The molecule has 0 aliphatic carbocycles. The number of hydrogen-bond donors (Lipinski definition) is 2. The first kappa shape index (κ1) is 17.0. The Morgan fingerprint density at radius 1 is 1.27 bits per heavy atom. The van der Waals surface area contributed by atoms with E-state index < -0.39 is 0 Å². The first-order valence-electron chi connectivity index (χ1n) is 8.03. The Kier molecular flexibility index (Phi) is 5.27. The number of hydrogen-bond acceptors (Lipinski definition) is 4. The number of aryl methyl sites for hydroxylation is 2. The number of aliphatic hydroxyl groups excluding tert-OH is 1. The number of nitrogens with one attached hydrogen (secondary N) is 1. The molecule has 0 amide bonds. The van der Waals surface area contributed by atoms with E-state index in [9.17, 15) is 5.11 Å². The van der Waals surface area contributed by atoms with Crippen LogP contribution in [-0.2, 0) is 0 Å². The summed E-state index contributed by atoms with van der Waals surface area (Å²) in [5.41, 5.74) is 1.61. The quantitative estimate of drug-likeness (QED) is 0.809. The maximum Gasteiger partial charge on any atom is 0.135 e. The van der Waals surface area contributed by atoms with Crippen molar-refractivity contribution in [2.24, 2.45) is 5.92 Å². The van der Waals surface area contributed by atoms with Gasteiger partial charge in [-0.25, -0.2) is 4.98 Å². The first-order chi connectivity index (χ1) is 10.3. The molecule has 0 fully saturated rings. The molecule has 0 saturated carbocycles. The topological polar surface area (TPSA) is 60.2 Å². The zero-order valence-corrected chi connectivity index (χ0v) is 15.0. The Morgan fingerprint density at radius 2 is 1.95 bits per heavy atom. The summed E-state index contributed by atoms with van der Waals surface area (Å²) in [5.74, 6) is 1.42. The molecular formula is C17H27N3OS. The number of amidine groups is 1. The van der Waals surface area contributed by atoms with Crippen molar-refractivity contribution < 1.29 is 5.11 Å². The minimum atomic E-state index is 0.271. The Bertz CT molecular complexity index is 569. The van der Waals surface area contributed by atoms with E-state index in [1.807, 2.05) is 18.7 Å². The third-order valence-electron chi connectivity index (χ3n) is 4.31. The zero-order chi connectivity index (χ0) is 16.4. The van der Waals surface area contributed by atoms with Crippen LogP contribution in [0.2, 0.25) is 0 Å². The van der Waals surface area contributed by atoms with Crippen LogP contribution in [0.15, 0.2) is 5.76 Å². The minimum absolute atomic E-state index is 0.271. The first-order valence-corrected chi connectivity index (χ1v) is 8.85. The second kappa shape index (κ2) is 6.82. The van der Waals surface area contributed by atoms with Crippen molar-refractivity contribution in [3.63, 3.8) is 0 Å². The molecule has 5 heteroatoms. The van der Waals surface area contributed by atoms with Crippen LogP contribution in [-0.4, -0.2) is 33.4 Å². The summed E-state index contributed by atoms with van der Waals surface area (Å²) in [7, 11) is 0. The smallest absolute Gasteiger partial charge is 0.135 e. The highest BCUT2D eigenvalue weighted by Gasteiger charge is 2.32. The van der Waals surface area contributed by atoms with Gasteiger partial charge in [0.1, 0.15) is 16.6 Å². The summed E-state index contributed by atoms with van der Waals surface area (Å²) < 4.78 is 0. The molecule has 1 aliphatic rings. The van der Waals surface area contributed by atoms with Crippen LogP contribution in [0.25, 0.3) is 5.57 Å². The van der Waals surface area contributed by atoms with Gasteiger partial charge in [0.2, 0.25) is 0 Å². The number of aromatic nitrogens is 1. The summed E-state index contributed by atoms with van der Waals surface area (Å²) >= 11 is 1.56. The fraction of sp³-hybridized carbons (Fsp3) is 0.647. The molecule has 0 unspecified atom stereocenters. The third kappa shape index (κ3) is 3.51. The lowest BCUT2D eigenvalue weighted by atomic mass is 10.0. The molecule has 2 N–H and O–H groups in total. The van der Waals surface area contributed by atoms with E-state index in [0.717, 1.165) is 28.4 Å². The van der Waals surface area contributed by atoms with Gasteiger partial charge in [0.15, 0.2) is 0 Å². The molecule has 4 nitrogen and oxygen atoms in total. The Labute approximate surface area is 137 Å². The molecule has 0 radical (unpaired) electrons. The maximum atomic E-state index is 10.3. The van der Waals surface area contributed by atoms with Crippen molar-refractivity contribution in [2.75, 3.05) is 6.54 Å². The largest absolute Gasteiger partial charge is 0.510 e. The molecule has 0 bridgehead atoms. The molecular weight excluding hydrogens is 294 g/mol. The minimum Gasteiger partial charge on any atom is -0.510 e. The van der Waals surface area contributed by atoms with Gasteiger partial charge in [0.25, 0.3) is 0 Å². The molecule has 1 atom stereocenters. The fourth-order valence-electron chi connectivity index (χ4n) is 2.76. The van der Waals surface area contributed by atoms with Crippen molar-refractivity contribution in [2.45, 2.75) is 59.9 Å². The molecule has 1 aliphatic heterocycles. The van der Waals surface area contributed by atoms with E-state index in [0.29, 0.717) is 23.9 Å². The van der Waals surface area contributed by atoms with E-state index >= 15 is 0 Å². The molecule has 0 spiro atoms. The van der Waals surface area contributed by atoms with Crippen molar-refractivity contribution in [1.82, 2.24) is 9.88 Å². The predicted octanol–water partition coefficient (Wildman–Crippen LogP) is 4.54. The predicted molar refractivity (Wildman–Crippen MR) is 93.7 cm³/mol. The molecule has 1 aromatic rings. The van der Waals surface area contributed by atoms with Crippen molar-refractivity contribution in [3.05, 3.63) is 21.3 Å². The van der Waals surface area contributed by atoms with Gasteiger partial charge in [-0.2, -0.15) is 0 Å². The van der Waals surface area contributed by atoms with Gasteiger partial charge in [-0.3, -0.25) is 5.41 Å². The van der Waals surface area contributed by atoms with Crippen molar-refractivity contribution >= 4 is 22.7 Å². The van der Waals surface area contributed by atoms with Crippen LogP contribution in [0.1, 0.15) is 55.6 Å². The SMILES string of the molecule is Cc1nc(C2=C(O)CN([C@H](C)CCCC(C)C)C2=N)sc1C. The average Bonchev–Trinajstić information content (AvgIpc) is 2.89. The van der Waals surface area contributed by atoms with Gasteiger partial charge < -0.3 is 10.0 Å². The molecule has 0 aromatic carbocycles. The lowest BCUT2D eigenvalue weighted by molar-refractivity contribution is 0.289. The highest BCUT2D eigenvalue weighted by molar-refractivity contribution is 7.13. The van der Waals surface area contributed by atoms with Crippen LogP contribution >= 0.6 is 11.3 Å². The summed E-state index contributed by atoms with van der Waals surface area (Å²) in [5, 5.41) is 19.5. The summed E-state index contributed by atoms with van der Waals surface area (Å²) in [6, 6.07) is 0.271. The van der Waals surface area contributed by atoms with Crippen LogP contribution in [0.4, 0.5) is 0 Å². The van der Waals surface area contributed by atoms with Crippen LogP contribution in [0.5, 0.6) is 0 Å². The summed E-state index contributed by atoms with van der Waals surface area (Å²) in [6.07, 6.45) is 3.42. The van der Waals surface area contributed by atoms with Gasteiger partial charge in [0, 0.05) is 10.9 Å². The van der Waals surface area contributed by atoms with Gasteiger partial charge in [-0.15, -0.1) is 11.3 Å². The lowest BCUT2D eigenvalue weighted by Crippen LogP contribution is -2.35. The number of nitrogens with zero attached hydrogens (tertiary/aromatic N) is 2. The Balaban J connectivity index is 2.06. The van der Waals surface area contributed by atoms with E-state index in [-0.39, 0.29) is 11.8 Å². The third-order valence-corrected chi connectivity index (χ3v) is 5.40. The highest BCUT2D eigenvalue weighted by atomic mass is 32.1. The standard InChI is InChI=1S/C17H27N3OS/c1-10(2)7-6-8-11(3)20-9-14(21)15(16(20)18)17-19-12(4)13(5)22-17/h10-11,18,21H,6-9H2,1-5H3/t11-/m1/s1. The fourth-order valence-corrected chi connectivity index (χ4v) is 3.74. The second-order valence-electron chi connectivity index (χ2n) is 6.63. The Morgan fingerprint density at radius 3 is 2.50 bits per heavy atom. The highest BCUT2D eigenvalue weighted by Crippen LogP contribution is 2.33. The van der Waals surface area contributed by atoms with Gasteiger partial charge in [-0.1, -0.05) is 26.7 Å². The van der Waals surface area contributed by atoms with Gasteiger partial charge in [0.05, 0.1) is 17.8 Å². The average molecular weight is 321 g/mol. The molecule has 0 saturated heterocycles. The van der Waals surface area contributed by atoms with E-state index in [2.05, 4.69) is 25.8 Å². The molecule has 22 heavy (non-hydrogen) atoms. The maximum absolute atomic E-state index is 10.3. The molecule has 2 heterocycles. The second-order valence-corrected chi connectivity index (χ2v) is 7.84. The van der Waals surface area contributed by atoms with E-state index in [1.165, 1.54) is 6.42 Å². The normalized spacial score (nSPS) is 17.0. The summed E-state index contributed by atoms with van der Waals surface area (Å²) in [4.78, 5) is 7.65. The van der Waals surface area contributed by atoms with Gasteiger partial charge >= 0.3 is 0 Å². The number of thiazole rings is 1. The number of rotatable bonds is 6. The van der Waals surface area contributed by atoms with E-state index in [1.54, 1.807) is 11.3 Å². The Hall–Kier alpha value is -1.36. The molecule has 1 aromatic heterocycles. The zero-order valence-electron chi connectivity index (χ0n) is 14.2. The van der Waals surface area contributed by atoms with Crippen LogP contribution in [0.3, 0.4) is 0 Å². The molecule has 2 rings (SSSR count). The van der Waals surface area contributed by atoms with Crippen LogP contribution < -0.4 is 0 Å². The summed E-state index contributed by atoms with van der Waals surface area (Å²) in [6.45, 7) is 11.1. The van der Waals surface area contributed by atoms with Gasteiger partial charge in [-0.05, 0) is 33.1 Å².